The fourth-order valence-corrected chi connectivity index (χ4v) is 4.39. The van der Waals surface area contributed by atoms with E-state index in [1.807, 2.05) is 57.2 Å². The van der Waals surface area contributed by atoms with Crippen LogP contribution < -0.4 is 9.62 Å². The van der Waals surface area contributed by atoms with Gasteiger partial charge in [-0.3, -0.25) is 9.10 Å². The number of hydrogen-bond acceptors (Lipinski definition) is 4. The highest BCUT2D eigenvalue weighted by molar-refractivity contribution is 7.99. The molecule has 0 fully saturated rings. The van der Waals surface area contributed by atoms with Crippen LogP contribution in [0, 0.1) is 0 Å². The van der Waals surface area contributed by atoms with E-state index in [0.717, 1.165) is 22.5 Å². The maximum atomic E-state index is 12.7. The van der Waals surface area contributed by atoms with Crippen LogP contribution >= 0.6 is 11.8 Å². The summed E-state index contributed by atoms with van der Waals surface area (Å²) in [5.74, 6) is 0.641. The van der Waals surface area contributed by atoms with E-state index < -0.39 is 10.0 Å². The Balaban J connectivity index is 2.30. The van der Waals surface area contributed by atoms with Crippen LogP contribution in [0.2, 0.25) is 0 Å². The van der Waals surface area contributed by atoms with E-state index in [1.165, 1.54) is 4.31 Å². The topological polar surface area (TPSA) is 66.5 Å². The van der Waals surface area contributed by atoms with Crippen molar-refractivity contribution >= 4 is 39.1 Å². The zero-order valence-electron chi connectivity index (χ0n) is 16.1. The Morgan fingerprint density at radius 1 is 1.11 bits per heavy atom. The molecule has 0 aromatic heterocycles. The van der Waals surface area contributed by atoms with Crippen LogP contribution in [0.4, 0.5) is 11.4 Å². The second kappa shape index (κ2) is 9.28. The molecule has 27 heavy (non-hydrogen) atoms. The first-order valence-corrected chi connectivity index (χ1v) is 11.7. The monoisotopic (exact) mass is 406 g/mol. The summed E-state index contributed by atoms with van der Waals surface area (Å²) in [6.45, 7) is 5.76. The summed E-state index contributed by atoms with van der Waals surface area (Å²) in [5.41, 5.74) is 2.12. The molecule has 0 radical (unpaired) electrons. The van der Waals surface area contributed by atoms with Crippen LogP contribution in [-0.2, 0) is 14.8 Å². The molecule has 0 spiro atoms. The number of carbonyl (C=O) groups excluding carboxylic acids is 1. The number of anilines is 2. The molecule has 7 heteroatoms. The van der Waals surface area contributed by atoms with Crippen LogP contribution in [0.25, 0.3) is 0 Å². The van der Waals surface area contributed by atoms with Gasteiger partial charge in [0.2, 0.25) is 15.9 Å². The molecule has 0 aliphatic carbocycles. The molecule has 1 N–H and O–H groups in total. The molecule has 0 aliphatic heterocycles. The van der Waals surface area contributed by atoms with Crippen molar-refractivity contribution in [3.05, 3.63) is 54.1 Å². The lowest BCUT2D eigenvalue weighted by molar-refractivity contribution is -0.114. The molecule has 0 atom stereocenters. The van der Waals surface area contributed by atoms with E-state index in [2.05, 4.69) is 5.32 Å². The average Bonchev–Trinajstić information content (AvgIpc) is 2.60. The molecular formula is C20H26N2O3S2. The van der Waals surface area contributed by atoms with Crippen molar-refractivity contribution < 1.29 is 13.2 Å². The maximum absolute atomic E-state index is 12.7. The normalized spacial score (nSPS) is 11.4. The largest absolute Gasteiger partial charge is 0.323 e. The van der Waals surface area contributed by atoms with Gasteiger partial charge >= 0.3 is 0 Å². The molecule has 1 amide bonds. The Morgan fingerprint density at radius 2 is 1.74 bits per heavy atom. The second-order valence-corrected chi connectivity index (χ2v) is 9.67. The van der Waals surface area contributed by atoms with Gasteiger partial charge in [-0.2, -0.15) is 0 Å². The first-order chi connectivity index (χ1) is 12.7. The third kappa shape index (κ3) is 5.74. The minimum atomic E-state index is -3.61. The molecule has 0 saturated carbocycles. The predicted molar refractivity (Wildman–Crippen MR) is 114 cm³/mol. The number of sulfonamides is 1. The number of amides is 1. The van der Waals surface area contributed by atoms with Crippen molar-refractivity contribution in [3.8, 4) is 0 Å². The highest BCUT2D eigenvalue weighted by Crippen LogP contribution is 2.30. The van der Waals surface area contributed by atoms with Crippen molar-refractivity contribution in [1.29, 1.82) is 0 Å². The molecule has 5 nitrogen and oxygen atoms in total. The summed E-state index contributed by atoms with van der Waals surface area (Å²) in [6.07, 6.45) is 1.12. The molecule has 0 aliphatic rings. The van der Waals surface area contributed by atoms with Crippen LogP contribution in [-0.4, -0.2) is 32.9 Å². The van der Waals surface area contributed by atoms with Gasteiger partial charge in [-0.25, -0.2) is 8.42 Å². The Kier molecular flexibility index (Phi) is 7.33. The molecule has 0 heterocycles. The number of rotatable bonds is 8. The zero-order valence-corrected chi connectivity index (χ0v) is 17.7. The van der Waals surface area contributed by atoms with E-state index in [0.29, 0.717) is 11.4 Å². The summed E-state index contributed by atoms with van der Waals surface area (Å²) in [7, 11) is -3.61. The molecule has 146 valence electrons. The van der Waals surface area contributed by atoms with Crippen LogP contribution in [0.15, 0.2) is 53.4 Å². The van der Waals surface area contributed by atoms with Gasteiger partial charge in [0, 0.05) is 4.90 Å². The fraction of sp³-hybridized carbons (Fsp3) is 0.350. The summed E-state index contributed by atoms with van der Waals surface area (Å²) in [6, 6.07) is 14.8. The molecule has 0 saturated heterocycles. The van der Waals surface area contributed by atoms with E-state index >= 15 is 0 Å². The van der Waals surface area contributed by atoms with Crippen molar-refractivity contribution in [2.45, 2.75) is 31.6 Å². The van der Waals surface area contributed by atoms with Gasteiger partial charge < -0.3 is 5.32 Å². The summed E-state index contributed by atoms with van der Waals surface area (Å²) >= 11 is 1.62. The fourth-order valence-electron chi connectivity index (χ4n) is 2.76. The van der Waals surface area contributed by atoms with Crippen molar-refractivity contribution in [1.82, 2.24) is 0 Å². The van der Waals surface area contributed by atoms with E-state index in [4.69, 9.17) is 0 Å². The highest BCUT2D eigenvalue weighted by atomic mass is 32.2. The third-order valence-electron chi connectivity index (χ3n) is 3.98. The first kappa shape index (κ1) is 21.3. The SMILES string of the molecule is CCSc1ccccc1NC(=O)CN(c1ccccc1C(C)C)S(C)(=O)=O. The Hall–Kier alpha value is -1.99. The number of para-hydroxylation sites is 2. The zero-order chi connectivity index (χ0) is 20.0. The molecule has 2 aromatic carbocycles. The summed E-state index contributed by atoms with van der Waals surface area (Å²) in [4.78, 5) is 13.6. The standard InChI is InChI=1S/C20H26N2O3S2/c1-5-26-19-13-9-7-11-17(19)21-20(23)14-22(27(4,24)25)18-12-8-6-10-16(18)15(2)3/h6-13,15H,5,14H2,1-4H3,(H,21,23). The number of benzene rings is 2. The number of thioether (sulfide) groups is 1. The van der Waals surface area contributed by atoms with Gasteiger partial charge in [0.25, 0.3) is 0 Å². The molecule has 0 unspecified atom stereocenters. The van der Waals surface area contributed by atoms with Crippen LogP contribution in [0.3, 0.4) is 0 Å². The summed E-state index contributed by atoms with van der Waals surface area (Å²) < 4.78 is 26.0. The molecule has 2 aromatic rings. The van der Waals surface area contributed by atoms with Crippen LogP contribution in [0.5, 0.6) is 0 Å². The number of hydrogen-bond donors (Lipinski definition) is 1. The van der Waals surface area contributed by atoms with E-state index in [-0.39, 0.29) is 18.4 Å². The average molecular weight is 407 g/mol. The highest BCUT2D eigenvalue weighted by Gasteiger charge is 2.24. The number of carbonyl (C=O) groups is 1. The lowest BCUT2D eigenvalue weighted by Crippen LogP contribution is -2.38. The van der Waals surface area contributed by atoms with Gasteiger partial charge in [0.05, 0.1) is 17.6 Å². The number of nitrogens with one attached hydrogen (secondary N) is 1. The smallest absolute Gasteiger partial charge is 0.245 e. The Bertz CT molecular complexity index is 896. The van der Waals surface area contributed by atoms with E-state index in [9.17, 15) is 13.2 Å². The number of nitrogens with zero attached hydrogens (tertiary/aromatic N) is 1. The van der Waals surface area contributed by atoms with Gasteiger partial charge in [0.1, 0.15) is 6.54 Å². The minimum absolute atomic E-state index is 0.134. The lowest BCUT2D eigenvalue weighted by atomic mass is 10.0. The van der Waals surface area contributed by atoms with Gasteiger partial charge in [-0.15, -0.1) is 11.8 Å². The Labute approximate surface area is 166 Å². The van der Waals surface area contributed by atoms with Crippen LogP contribution in [0.1, 0.15) is 32.3 Å². The quantitative estimate of drug-likeness (QED) is 0.663. The summed E-state index contributed by atoms with van der Waals surface area (Å²) in [5, 5.41) is 2.85. The lowest BCUT2D eigenvalue weighted by Gasteiger charge is -2.25. The van der Waals surface area contributed by atoms with Gasteiger partial charge in [0.15, 0.2) is 0 Å². The molecular weight excluding hydrogens is 380 g/mol. The molecule has 0 bridgehead atoms. The third-order valence-corrected chi connectivity index (χ3v) is 6.06. The molecule has 2 rings (SSSR count). The van der Waals surface area contributed by atoms with Gasteiger partial charge in [-0.1, -0.05) is 51.1 Å². The van der Waals surface area contributed by atoms with E-state index in [1.54, 1.807) is 23.9 Å². The maximum Gasteiger partial charge on any atom is 0.245 e. The first-order valence-electron chi connectivity index (χ1n) is 8.82. The van der Waals surface area contributed by atoms with Crippen molar-refractivity contribution in [2.24, 2.45) is 0 Å². The minimum Gasteiger partial charge on any atom is -0.323 e. The van der Waals surface area contributed by atoms with Crippen molar-refractivity contribution in [3.63, 3.8) is 0 Å². The van der Waals surface area contributed by atoms with Gasteiger partial charge in [-0.05, 0) is 35.4 Å². The second-order valence-electron chi connectivity index (χ2n) is 6.46. The Morgan fingerprint density at radius 3 is 2.37 bits per heavy atom. The van der Waals surface area contributed by atoms with Crippen molar-refractivity contribution in [2.75, 3.05) is 28.2 Å². The predicted octanol–water partition coefficient (Wildman–Crippen LogP) is 4.33.